The van der Waals surface area contributed by atoms with Crippen molar-refractivity contribution in [3.63, 3.8) is 0 Å². The van der Waals surface area contributed by atoms with Crippen molar-refractivity contribution < 1.29 is 8.42 Å². The van der Waals surface area contributed by atoms with Crippen molar-refractivity contribution in [3.8, 4) is 0 Å². The second kappa shape index (κ2) is 5.00. The van der Waals surface area contributed by atoms with Gasteiger partial charge in [-0.25, -0.2) is 13.6 Å². The first-order chi connectivity index (χ1) is 7.54. The number of nitrogens with one attached hydrogen (secondary N) is 1. The van der Waals surface area contributed by atoms with E-state index in [4.69, 9.17) is 5.14 Å². The number of sulfonamides is 1. The molecule has 0 aromatic rings. The molecule has 0 amide bonds. The predicted molar refractivity (Wildman–Crippen MR) is 63.5 cm³/mol. The monoisotopic (exact) mass is 247 g/mol. The quantitative estimate of drug-likeness (QED) is 0.612. The van der Waals surface area contributed by atoms with Gasteiger partial charge in [0.1, 0.15) is 0 Å². The summed E-state index contributed by atoms with van der Waals surface area (Å²) in [5.41, 5.74) is 0. The van der Waals surface area contributed by atoms with E-state index in [0.717, 1.165) is 12.6 Å². The van der Waals surface area contributed by atoms with Gasteiger partial charge < -0.3 is 10.2 Å². The zero-order chi connectivity index (χ0) is 11.6. The number of hydrogen-bond donors (Lipinski definition) is 2. The summed E-state index contributed by atoms with van der Waals surface area (Å²) in [6.45, 7) is 3.77. The van der Waals surface area contributed by atoms with Crippen molar-refractivity contribution in [2.24, 2.45) is 11.1 Å². The van der Waals surface area contributed by atoms with Gasteiger partial charge in [0, 0.05) is 19.1 Å². The van der Waals surface area contributed by atoms with E-state index in [1.807, 2.05) is 0 Å². The largest absolute Gasteiger partial charge is 0.315 e. The molecule has 0 radical (unpaired) electrons. The minimum Gasteiger partial charge on any atom is -0.315 e. The molecule has 1 atom stereocenters. The first-order valence-corrected chi connectivity index (χ1v) is 7.71. The van der Waals surface area contributed by atoms with Crippen LogP contribution in [0.15, 0.2) is 0 Å². The Morgan fingerprint density at radius 2 is 2.06 bits per heavy atom. The van der Waals surface area contributed by atoms with Gasteiger partial charge in [0.25, 0.3) is 0 Å². The van der Waals surface area contributed by atoms with Crippen LogP contribution in [0.3, 0.4) is 0 Å². The van der Waals surface area contributed by atoms with Crippen LogP contribution >= 0.6 is 0 Å². The molecule has 5 nitrogen and oxygen atoms in total. The summed E-state index contributed by atoms with van der Waals surface area (Å²) in [4.78, 5) is 2.56. The van der Waals surface area contributed by atoms with Crippen LogP contribution in [0, 0.1) is 5.92 Å². The third-order valence-electron chi connectivity index (χ3n) is 3.38. The van der Waals surface area contributed by atoms with Crippen molar-refractivity contribution in [1.82, 2.24) is 10.2 Å². The smallest absolute Gasteiger partial charge is 0.210 e. The van der Waals surface area contributed by atoms with Gasteiger partial charge in [-0.2, -0.15) is 0 Å². The van der Waals surface area contributed by atoms with Crippen LogP contribution in [0.2, 0.25) is 0 Å². The van der Waals surface area contributed by atoms with Crippen LogP contribution in [0.5, 0.6) is 0 Å². The molecule has 1 aliphatic carbocycles. The molecule has 1 heterocycles. The molecule has 2 fully saturated rings. The van der Waals surface area contributed by atoms with Gasteiger partial charge in [-0.3, -0.25) is 0 Å². The Bertz CT molecular complexity index is 327. The normalized spacial score (nSPS) is 27.4. The molecule has 16 heavy (non-hydrogen) atoms. The summed E-state index contributed by atoms with van der Waals surface area (Å²) >= 11 is 0. The standard InChI is InChI=1S/C10H21N3O2S/c11-16(14,15)6-4-12-7-9-3-5-13(8-9)10-1-2-10/h9-10,12H,1-8H2,(H2,11,14,15). The van der Waals surface area contributed by atoms with Crippen molar-refractivity contribution in [3.05, 3.63) is 0 Å². The Labute approximate surface area is 97.4 Å². The summed E-state index contributed by atoms with van der Waals surface area (Å²) < 4.78 is 21.4. The van der Waals surface area contributed by atoms with E-state index in [1.54, 1.807) is 0 Å². The summed E-state index contributed by atoms with van der Waals surface area (Å²) in [7, 11) is -3.31. The number of nitrogens with zero attached hydrogens (tertiary/aromatic N) is 1. The molecule has 3 N–H and O–H groups in total. The highest BCUT2D eigenvalue weighted by atomic mass is 32.2. The second-order valence-corrected chi connectivity index (χ2v) is 6.69. The lowest BCUT2D eigenvalue weighted by Gasteiger charge is -2.14. The number of rotatable bonds is 6. The number of likely N-dealkylation sites (tertiary alicyclic amines) is 1. The van der Waals surface area contributed by atoms with Gasteiger partial charge in [0.15, 0.2) is 0 Å². The Morgan fingerprint density at radius 1 is 1.31 bits per heavy atom. The fraction of sp³-hybridized carbons (Fsp3) is 1.00. The first-order valence-electron chi connectivity index (χ1n) is 6.00. The summed E-state index contributed by atoms with van der Waals surface area (Å²) in [6.07, 6.45) is 3.97. The average Bonchev–Trinajstić information content (AvgIpc) is 2.93. The van der Waals surface area contributed by atoms with Gasteiger partial charge in [-0.05, 0) is 38.3 Å². The lowest BCUT2D eigenvalue weighted by molar-refractivity contribution is 0.312. The van der Waals surface area contributed by atoms with E-state index in [0.29, 0.717) is 12.5 Å². The molecular weight excluding hydrogens is 226 g/mol. The van der Waals surface area contributed by atoms with Gasteiger partial charge >= 0.3 is 0 Å². The molecule has 0 aromatic carbocycles. The van der Waals surface area contributed by atoms with Crippen LogP contribution < -0.4 is 10.5 Å². The minimum absolute atomic E-state index is 0.0338. The summed E-state index contributed by atoms with van der Waals surface area (Å²) in [5.74, 6) is 0.715. The van der Waals surface area contributed by atoms with E-state index in [9.17, 15) is 8.42 Å². The zero-order valence-corrected chi connectivity index (χ0v) is 10.4. The van der Waals surface area contributed by atoms with Crippen molar-refractivity contribution >= 4 is 10.0 Å². The van der Waals surface area contributed by atoms with E-state index >= 15 is 0 Å². The maximum absolute atomic E-state index is 10.7. The van der Waals surface area contributed by atoms with E-state index in [1.165, 1.54) is 32.4 Å². The topological polar surface area (TPSA) is 75.4 Å². The number of primary sulfonamides is 1. The molecule has 94 valence electrons. The Morgan fingerprint density at radius 3 is 2.69 bits per heavy atom. The van der Waals surface area contributed by atoms with Crippen LogP contribution in [-0.4, -0.2) is 51.3 Å². The minimum atomic E-state index is -3.31. The molecule has 0 aromatic heterocycles. The molecule has 2 aliphatic rings. The molecular formula is C10H21N3O2S. The molecule has 2 rings (SSSR count). The van der Waals surface area contributed by atoms with Crippen molar-refractivity contribution in [2.75, 3.05) is 31.9 Å². The van der Waals surface area contributed by atoms with Crippen LogP contribution in [-0.2, 0) is 10.0 Å². The van der Waals surface area contributed by atoms with E-state index in [2.05, 4.69) is 10.2 Å². The molecule has 6 heteroatoms. The fourth-order valence-corrected chi connectivity index (χ4v) is 2.75. The van der Waals surface area contributed by atoms with Gasteiger partial charge in [-0.15, -0.1) is 0 Å². The SMILES string of the molecule is NS(=O)(=O)CCNCC1CCN(C2CC2)C1. The third kappa shape index (κ3) is 4.01. The van der Waals surface area contributed by atoms with Gasteiger partial charge in [0.05, 0.1) is 5.75 Å². The Balaban J connectivity index is 1.57. The van der Waals surface area contributed by atoms with Crippen LogP contribution in [0.25, 0.3) is 0 Å². The highest BCUT2D eigenvalue weighted by Gasteiger charge is 2.33. The lowest BCUT2D eigenvalue weighted by atomic mass is 10.1. The van der Waals surface area contributed by atoms with Crippen LogP contribution in [0.4, 0.5) is 0 Å². The first kappa shape index (κ1) is 12.3. The average molecular weight is 247 g/mol. The van der Waals surface area contributed by atoms with Crippen molar-refractivity contribution in [2.45, 2.75) is 25.3 Å². The van der Waals surface area contributed by atoms with Crippen LogP contribution in [0.1, 0.15) is 19.3 Å². The Hall–Kier alpha value is -0.170. The molecule has 0 bridgehead atoms. The summed E-state index contributed by atoms with van der Waals surface area (Å²) in [6, 6.07) is 0.856. The highest BCUT2D eigenvalue weighted by Crippen LogP contribution is 2.31. The molecule has 1 unspecified atom stereocenters. The summed E-state index contributed by atoms with van der Waals surface area (Å²) in [5, 5.41) is 8.10. The predicted octanol–water partition coefficient (Wildman–Crippen LogP) is -0.651. The fourth-order valence-electron chi connectivity index (χ4n) is 2.32. The maximum atomic E-state index is 10.7. The molecule has 0 spiro atoms. The maximum Gasteiger partial charge on any atom is 0.210 e. The number of nitrogens with two attached hydrogens (primary N) is 1. The number of hydrogen-bond acceptors (Lipinski definition) is 4. The third-order valence-corrected chi connectivity index (χ3v) is 4.15. The lowest BCUT2D eigenvalue weighted by Crippen LogP contribution is -2.32. The van der Waals surface area contributed by atoms with Gasteiger partial charge in [0.2, 0.25) is 10.0 Å². The molecule has 1 saturated heterocycles. The van der Waals surface area contributed by atoms with E-state index in [-0.39, 0.29) is 5.75 Å². The zero-order valence-electron chi connectivity index (χ0n) is 9.56. The Kier molecular flexibility index (Phi) is 3.84. The molecule has 1 aliphatic heterocycles. The second-order valence-electron chi connectivity index (χ2n) is 4.95. The van der Waals surface area contributed by atoms with Crippen molar-refractivity contribution in [1.29, 1.82) is 0 Å². The highest BCUT2D eigenvalue weighted by molar-refractivity contribution is 7.89. The molecule has 1 saturated carbocycles. The van der Waals surface area contributed by atoms with E-state index < -0.39 is 10.0 Å². The van der Waals surface area contributed by atoms with Gasteiger partial charge in [-0.1, -0.05) is 0 Å².